The number of rotatable bonds is 3. The topological polar surface area (TPSA) is 64.4 Å². The Balaban J connectivity index is 0.00000112. The number of halogens is 1. The van der Waals surface area contributed by atoms with E-state index in [4.69, 9.17) is 10.5 Å². The minimum Gasteiger partial charge on any atom is -0.364 e. The average molecular weight is 235 g/mol. The molecule has 1 saturated heterocycles. The Labute approximate surface area is 96.3 Å². The fourth-order valence-electron chi connectivity index (χ4n) is 1.92. The van der Waals surface area contributed by atoms with Gasteiger partial charge in [0, 0.05) is 12.6 Å². The maximum Gasteiger partial charge on any atom is 0.249 e. The number of carbonyl (C=O) groups excluding carboxylic acids is 1. The van der Waals surface area contributed by atoms with Gasteiger partial charge in [0.05, 0.1) is 6.10 Å². The summed E-state index contributed by atoms with van der Waals surface area (Å²) in [7, 11) is 0. The highest BCUT2D eigenvalue weighted by Gasteiger charge is 2.31. The molecule has 1 aliphatic carbocycles. The van der Waals surface area contributed by atoms with Gasteiger partial charge < -0.3 is 15.8 Å². The van der Waals surface area contributed by atoms with Crippen molar-refractivity contribution in [3.8, 4) is 0 Å². The lowest BCUT2D eigenvalue weighted by Gasteiger charge is -2.27. The molecule has 5 heteroatoms. The first-order valence-electron chi connectivity index (χ1n) is 5.45. The van der Waals surface area contributed by atoms with Crippen LogP contribution in [-0.2, 0) is 9.53 Å². The molecule has 88 valence electrons. The second kappa shape index (κ2) is 5.68. The highest BCUT2D eigenvalue weighted by molar-refractivity contribution is 5.85. The van der Waals surface area contributed by atoms with E-state index >= 15 is 0 Å². The maximum atomic E-state index is 11.6. The molecule has 0 unspecified atom stereocenters. The van der Waals surface area contributed by atoms with E-state index in [1.807, 2.05) is 0 Å². The summed E-state index contributed by atoms with van der Waals surface area (Å²) in [6.07, 6.45) is 5.07. The molecule has 0 radical (unpaired) electrons. The molecule has 1 amide bonds. The van der Waals surface area contributed by atoms with Crippen LogP contribution in [0, 0.1) is 0 Å². The normalized spacial score (nSPS) is 30.5. The summed E-state index contributed by atoms with van der Waals surface area (Å²) in [6, 6.07) is 0.406. The Morgan fingerprint density at radius 1 is 1.33 bits per heavy atom. The van der Waals surface area contributed by atoms with Crippen LogP contribution >= 0.6 is 12.4 Å². The smallest absolute Gasteiger partial charge is 0.249 e. The van der Waals surface area contributed by atoms with Gasteiger partial charge in [0.2, 0.25) is 5.91 Å². The lowest BCUT2D eigenvalue weighted by molar-refractivity contribution is -0.133. The number of nitrogens with one attached hydrogen (secondary N) is 1. The van der Waals surface area contributed by atoms with E-state index in [0.717, 1.165) is 25.7 Å². The Kier molecular flexibility index (Phi) is 4.83. The van der Waals surface area contributed by atoms with Crippen LogP contribution in [0.15, 0.2) is 0 Å². The Morgan fingerprint density at radius 3 is 2.53 bits per heavy atom. The maximum absolute atomic E-state index is 11.6. The molecule has 2 aliphatic rings. The zero-order valence-corrected chi connectivity index (χ0v) is 9.59. The molecule has 2 atom stereocenters. The lowest BCUT2D eigenvalue weighted by atomic mass is 9.93. The number of nitrogens with two attached hydrogens (primary N) is 1. The van der Waals surface area contributed by atoms with E-state index in [-0.39, 0.29) is 30.5 Å². The molecule has 0 aromatic rings. The van der Waals surface area contributed by atoms with Gasteiger partial charge in [-0.2, -0.15) is 0 Å². The van der Waals surface area contributed by atoms with Crippen LogP contribution in [0.4, 0.5) is 0 Å². The molecule has 15 heavy (non-hydrogen) atoms. The highest BCUT2D eigenvalue weighted by atomic mass is 35.5. The zero-order chi connectivity index (χ0) is 9.97. The van der Waals surface area contributed by atoms with Crippen LogP contribution in [0.5, 0.6) is 0 Å². The number of amides is 1. The number of ether oxygens (including phenoxy) is 1. The van der Waals surface area contributed by atoms with Crippen LogP contribution in [0.25, 0.3) is 0 Å². The van der Waals surface area contributed by atoms with E-state index < -0.39 is 0 Å². The zero-order valence-electron chi connectivity index (χ0n) is 8.78. The van der Waals surface area contributed by atoms with Gasteiger partial charge >= 0.3 is 0 Å². The van der Waals surface area contributed by atoms with E-state index in [9.17, 15) is 4.79 Å². The summed E-state index contributed by atoms with van der Waals surface area (Å²) in [6.45, 7) is 0.521. The molecule has 1 aliphatic heterocycles. The van der Waals surface area contributed by atoms with Crippen LogP contribution in [-0.4, -0.2) is 30.7 Å². The van der Waals surface area contributed by atoms with Crippen molar-refractivity contribution in [2.75, 3.05) is 6.54 Å². The van der Waals surface area contributed by atoms with Gasteiger partial charge in [-0.3, -0.25) is 4.79 Å². The molecule has 1 saturated carbocycles. The van der Waals surface area contributed by atoms with Crippen molar-refractivity contribution in [3.05, 3.63) is 0 Å². The summed E-state index contributed by atoms with van der Waals surface area (Å²) in [4.78, 5) is 11.6. The summed E-state index contributed by atoms with van der Waals surface area (Å²) in [5.41, 5.74) is 5.48. The van der Waals surface area contributed by atoms with E-state index in [1.54, 1.807) is 0 Å². The molecule has 0 bridgehead atoms. The largest absolute Gasteiger partial charge is 0.364 e. The van der Waals surface area contributed by atoms with Crippen molar-refractivity contribution in [1.82, 2.24) is 5.32 Å². The number of carbonyl (C=O) groups is 1. The van der Waals surface area contributed by atoms with E-state index in [1.165, 1.54) is 6.42 Å². The minimum atomic E-state index is -0.246. The van der Waals surface area contributed by atoms with E-state index in [0.29, 0.717) is 12.6 Å². The summed E-state index contributed by atoms with van der Waals surface area (Å²) >= 11 is 0. The molecule has 1 heterocycles. The first-order valence-corrected chi connectivity index (χ1v) is 5.45. The summed E-state index contributed by atoms with van der Waals surface area (Å²) in [5, 5.41) is 3.00. The van der Waals surface area contributed by atoms with Crippen molar-refractivity contribution in [1.29, 1.82) is 0 Å². The number of hydrogen-bond acceptors (Lipinski definition) is 3. The Bertz CT molecular complexity index is 221. The molecule has 0 aromatic carbocycles. The monoisotopic (exact) mass is 234 g/mol. The SMILES string of the molecule is Cl.NC[C@H]1CC[C@@H](C(=O)NC2CCC2)O1. The molecule has 4 nitrogen and oxygen atoms in total. The third kappa shape index (κ3) is 3.06. The third-order valence-corrected chi connectivity index (χ3v) is 3.11. The van der Waals surface area contributed by atoms with Crippen LogP contribution in [0.3, 0.4) is 0 Å². The van der Waals surface area contributed by atoms with Crippen LogP contribution in [0.2, 0.25) is 0 Å². The standard InChI is InChI=1S/C10H18N2O2.ClH/c11-6-8-4-5-9(14-8)10(13)12-7-2-1-3-7;/h7-9H,1-6,11H2,(H,12,13);1H/t8-,9+;/m1./s1. The second-order valence-electron chi connectivity index (χ2n) is 4.20. The molecular weight excluding hydrogens is 216 g/mol. The fourth-order valence-corrected chi connectivity index (χ4v) is 1.92. The Hall–Kier alpha value is -0.320. The van der Waals surface area contributed by atoms with Gasteiger partial charge in [-0.25, -0.2) is 0 Å². The van der Waals surface area contributed by atoms with Crippen molar-refractivity contribution in [2.45, 2.75) is 50.4 Å². The van der Waals surface area contributed by atoms with Gasteiger partial charge in [0.1, 0.15) is 6.10 Å². The predicted molar refractivity (Wildman–Crippen MR) is 60.0 cm³/mol. The lowest BCUT2D eigenvalue weighted by Crippen LogP contribution is -2.44. The van der Waals surface area contributed by atoms with Gasteiger partial charge in [-0.05, 0) is 32.1 Å². The first kappa shape index (κ1) is 12.7. The fraction of sp³-hybridized carbons (Fsp3) is 0.900. The van der Waals surface area contributed by atoms with Gasteiger partial charge in [-0.1, -0.05) is 0 Å². The van der Waals surface area contributed by atoms with Gasteiger partial charge in [0.15, 0.2) is 0 Å². The first-order chi connectivity index (χ1) is 6.79. The molecule has 0 spiro atoms. The summed E-state index contributed by atoms with van der Waals surface area (Å²) < 4.78 is 5.50. The molecular formula is C10H19ClN2O2. The highest BCUT2D eigenvalue weighted by Crippen LogP contribution is 2.22. The van der Waals surface area contributed by atoms with Crippen molar-refractivity contribution < 1.29 is 9.53 Å². The van der Waals surface area contributed by atoms with Crippen molar-refractivity contribution in [3.63, 3.8) is 0 Å². The molecule has 2 rings (SSSR count). The summed E-state index contributed by atoms with van der Waals surface area (Å²) in [5.74, 6) is 0.0608. The van der Waals surface area contributed by atoms with Crippen LogP contribution in [0.1, 0.15) is 32.1 Å². The third-order valence-electron chi connectivity index (χ3n) is 3.11. The van der Waals surface area contributed by atoms with Crippen LogP contribution < -0.4 is 11.1 Å². The van der Waals surface area contributed by atoms with Crippen molar-refractivity contribution >= 4 is 18.3 Å². The number of hydrogen-bond donors (Lipinski definition) is 2. The minimum absolute atomic E-state index is 0. The van der Waals surface area contributed by atoms with Crippen molar-refractivity contribution in [2.24, 2.45) is 5.73 Å². The Morgan fingerprint density at radius 2 is 2.07 bits per heavy atom. The average Bonchev–Trinajstić information content (AvgIpc) is 2.59. The molecule has 3 N–H and O–H groups in total. The quantitative estimate of drug-likeness (QED) is 0.751. The molecule has 0 aromatic heterocycles. The molecule has 2 fully saturated rings. The van der Waals surface area contributed by atoms with E-state index in [2.05, 4.69) is 5.32 Å². The van der Waals surface area contributed by atoms with Gasteiger partial charge in [0.25, 0.3) is 0 Å². The second-order valence-corrected chi connectivity index (χ2v) is 4.20. The van der Waals surface area contributed by atoms with Gasteiger partial charge in [-0.15, -0.1) is 12.4 Å². The predicted octanol–water partition coefficient (Wildman–Crippen LogP) is 0.583.